The largest absolute Gasteiger partial charge is 0.507 e. The van der Waals surface area contributed by atoms with Crippen LogP contribution in [-0.4, -0.2) is 41.0 Å². The van der Waals surface area contributed by atoms with Crippen LogP contribution in [0.15, 0.2) is 48.0 Å². The molecule has 33 heavy (non-hydrogen) atoms. The molecule has 1 aliphatic carbocycles. The van der Waals surface area contributed by atoms with Crippen molar-refractivity contribution in [3.05, 3.63) is 65.0 Å². The summed E-state index contributed by atoms with van der Waals surface area (Å²) in [7, 11) is 1.39. The zero-order chi connectivity index (χ0) is 23.7. The Hall–Kier alpha value is -3.35. The van der Waals surface area contributed by atoms with Gasteiger partial charge in [-0.25, -0.2) is 4.39 Å². The van der Waals surface area contributed by atoms with Gasteiger partial charge in [-0.1, -0.05) is 25.0 Å². The van der Waals surface area contributed by atoms with E-state index >= 15 is 0 Å². The summed E-state index contributed by atoms with van der Waals surface area (Å²) in [5, 5.41) is 11.2. The lowest BCUT2D eigenvalue weighted by atomic mass is 9.94. The first-order valence-corrected chi connectivity index (χ1v) is 11.2. The molecule has 0 bridgehead atoms. The predicted octanol–water partition coefficient (Wildman–Crippen LogP) is 4.99. The maximum atomic E-state index is 14.0. The summed E-state index contributed by atoms with van der Waals surface area (Å²) < 4.78 is 25.0. The molecular weight excluding hydrogens is 425 g/mol. The number of rotatable bonds is 6. The number of halogens is 1. The number of amides is 1. The van der Waals surface area contributed by atoms with Gasteiger partial charge < -0.3 is 19.5 Å². The van der Waals surface area contributed by atoms with E-state index in [0.29, 0.717) is 11.3 Å². The van der Waals surface area contributed by atoms with Crippen molar-refractivity contribution in [3.63, 3.8) is 0 Å². The van der Waals surface area contributed by atoms with E-state index < -0.39 is 29.3 Å². The lowest BCUT2D eigenvalue weighted by Crippen LogP contribution is -2.37. The second-order valence-electron chi connectivity index (χ2n) is 8.72. The van der Waals surface area contributed by atoms with Crippen LogP contribution in [0.4, 0.5) is 4.39 Å². The van der Waals surface area contributed by atoms with Crippen LogP contribution in [0.2, 0.25) is 0 Å². The van der Waals surface area contributed by atoms with Gasteiger partial charge in [0.1, 0.15) is 23.1 Å². The highest BCUT2D eigenvalue weighted by Crippen LogP contribution is 2.44. The van der Waals surface area contributed by atoms with E-state index in [2.05, 4.69) is 0 Å². The van der Waals surface area contributed by atoms with Gasteiger partial charge in [0.2, 0.25) is 0 Å². The van der Waals surface area contributed by atoms with Crippen LogP contribution >= 0.6 is 0 Å². The summed E-state index contributed by atoms with van der Waals surface area (Å²) >= 11 is 0. The minimum Gasteiger partial charge on any atom is -0.507 e. The molecule has 2 fully saturated rings. The Bertz CT molecular complexity index is 1090. The topological polar surface area (TPSA) is 76.1 Å². The van der Waals surface area contributed by atoms with Crippen molar-refractivity contribution in [3.8, 4) is 11.5 Å². The fourth-order valence-corrected chi connectivity index (χ4v) is 4.75. The highest BCUT2D eigenvalue weighted by molar-refractivity contribution is 6.46. The predicted molar refractivity (Wildman–Crippen MR) is 122 cm³/mol. The number of carbonyl (C=O) groups is 2. The van der Waals surface area contributed by atoms with Crippen LogP contribution in [0.1, 0.15) is 56.7 Å². The number of Topliss-reactive ketones (excluding diaryl/α,β-unsaturated/α-hetero) is 1. The molecule has 2 aromatic carbocycles. The quantitative estimate of drug-likeness (QED) is 0.379. The molecule has 1 aliphatic heterocycles. The van der Waals surface area contributed by atoms with E-state index in [0.717, 1.165) is 31.7 Å². The Morgan fingerprint density at radius 1 is 1.09 bits per heavy atom. The second kappa shape index (κ2) is 9.25. The standard InChI is InChI=1S/C26H28FNO5/c1-15(2)33-19-11-8-16(9-12-19)23-22(24(29)20-14-17(27)10-13-21(20)32-3)25(30)26(31)28(23)18-6-4-5-7-18/h8-15,18,23,29H,4-7H2,1-3H3/b24-22+. The van der Waals surface area contributed by atoms with Crippen LogP contribution in [0.5, 0.6) is 11.5 Å². The molecule has 1 atom stereocenters. The van der Waals surface area contributed by atoms with Gasteiger partial charge in [-0.15, -0.1) is 0 Å². The molecule has 1 N–H and O–H groups in total. The first-order valence-electron chi connectivity index (χ1n) is 11.2. The molecule has 1 saturated carbocycles. The smallest absolute Gasteiger partial charge is 0.295 e. The van der Waals surface area contributed by atoms with Gasteiger partial charge in [0.05, 0.1) is 30.4 Å². The zero-order valence-corrected chi connectivity index (χ0v) is 19.0. The third-order valence-electron chi connectivity index (χ3n) is 6.18. The normalized spacial score (nSPS) is 20.6. The van der Waals surface area contributed by atoms with Crippen molar-refractivity contribution in [1.82, 2.24) is 4.90 Å². The number of carbonyl (C=O) groups excluding carboxylic acids is 2. The van der Waals surface area contributed by atoms with Crippen LogP contribution in [0.25, 0.3) is 5.76 Å². The number of hydrogen-bond acceptors (Lipinski definition) is 5. The van der Waals surface area contributed by atoms with E-state index in [1.807, 2.05) is 13.8 Å². The summed E-state index contributed by atoms with van der Waals surface area (Å²) in [6, 6.07) is 9.97. The number of ether oxygens (including phenoxy) is 2. The van der Waals surface area contributed by atoms with Gasteiger partial charge in [0, 0.05) is 6.04 Å². The molecule has 6 nitrogen and oxygen atoms in total. The van der Waals surface area contributed by atoms with Gasteiger partial charge >= 0.3 is 0 Å². The molecule has 4 rings (SSSR count). The molecule has 0 radical (unpaired) electrons. The van der Waals surface area contributed by atoms with Gasteiger partial charge in [0.25, 0.3) is 11.7 Å². The zero-order valence-electron chi connectivity index (χ0n) is 19.0. The number of nitrogens with zero attached hydrogens (tertiary/aromatic N) is 1. The maximum absolute atomic E-state index is 14.0. The van der Waals surface area contributed by atoms with E-state index in [-0.39, 0.29) is 29.0 Å². The number of ketones is 1. The number of hydrogen-bond donors (Lipinski definition) is 1. The molecule has 1 amide bonds. The minimum atomic E-state index is -0.783. The molecule has 0 spiro atoms. The molecule has 7 heteroatoms. The fraction of sp³-hybridized carbons (Fsp3) is 0.385. The summed E-state index contributed by atoms with van der Waals surface area (Å²) in [4.78, 5) is 27.9. The summed E-state index contributed by atoms with van der Waals surface area (Å²) in [6.45, 7) is 3.85. The number of likely N-dealkylation sites (tertiary alicyclic amines) is 1. The van der Waals surface area contributed by atoms with Gasteiger partial charge in [-0.05, 0) is 62.6 Å². The Labute approximate surface area is 192 Å². The first kappa shape index (κ1) is 22.8. The molecule has 1 heterocycles. The molecular formula is C26H28FNO5. The molecule has 1 saturated heterocycles. The average molecular weight is 454 g/mol. The summed E-state index contributed by atoms with van der Waals surface area (Å²) in [5.74, 6) is -1.59. The van der Waals surface area contributed by atoms with E-state index in [4.69, 9.17) is 9.47 Å². The average Bonchev–Trinajstić information content (AvgIpc) is 3.40. The van der Waals surface area contributed by atoms with E-state index in [9.17, 15) is 19.1 Å². The number of methoxy groups -OCH3 is 1. The monoisotopic (exact) mass is 453 g/mol. The first-order chi connectivity index (χ1) is 15.8. The molecule has 2 aliphatic rings. The Morgan fingerprint density at radius 3 is 2.36 bits per heavy atom. The number of benzene rings is 2. The third-order valence-corrected chi connectivity index (χ3v) is 6.18. The van der Waals surface area contributed by atoms with Crippen molar-refractivity contribution >= 4 is 17.4 Å². The SMILES string of the molecule is COc1ccc(F)cc1/C(O)=C1\C(=O)C(=O)N(C2CCCC2)C1c1ccc(OC(C)C)cc1. The second-order valence-corrected chi connectivity index (χ2v) is 8.72. The van der Waals surface area contributed by atoms with Crippen molar-refractivity contribution in [2.45, 2.75) is 57.7 Å². The fourth-order valence-electron chi connectivity index (χ4n) is 4.75. The molecule has 1 unspecified atom stereocenters. The van der Waals surface area contributed by atoms with Crippen LogP contribution < -0.4 is 9.47 Å². The van der Waals surface area contributed by atoms with Crippen LogP contribution in [-0.2, 0) is 9.59 Å². The molecule has 174 valence electrons. The molecule has 2 aromatic rings. The van der Waals surface area contributed by atoms with Crippen molar-refractivity contribution in [1.29, 1.82) is 0 Å². The Morgan fingerprint density at radius 2 is 1.76 bits per heavy atom. The van der Waals surface area contributed by atoms with Gasteiger partial charge in [0.15, 0.2) is 0 Å². The minimum absolute atomic E-state index is 0.000386. The van der Waals surface area contributed by atoms with E-state index in [1.165, 1.54) is 19.2 Å². The maximum Gasteiger partial charge on any atom is 0.295 e. The van der Waals surface area contributed by atoms with Crippen LogP contribution in [0, 0.1) is 5.82 Å². The summed E-state index contributed by atoms with van der Waals surface area (Å²) in [6.07, 6.45) is 3.53. The van der Waals surface area contributed by atoms with Crippen molar-refractivity contribution in [2.75, 3.05) is 7.11 Å². The molecule has 0 aromatic heterocycles. The van der Waals surface area contributed by atoms with Crippen LogP contribution in [0.3, 0.4) is 0 Å². The Balaban J connectivity index is 1.87. The number of aliphatic hydroxyl groups is 1. The van der Waals surface area contributed by atoms with E-state index in [1.54, 1.807) is 29.2 Å². The van der Waals surface area contributed by atoms with Crippen molar-refractivity contribution in [2.24, 2.45) is 0 Å². The van der Waals surface area contributed by atoms with Crippen molar-refractivity contribution < 1.29 is 28.6 Å². The van der Waals surface area contributed by atoms with Gasteiger partial charge in [-0.2, -0.15) is 0 Å². The lowest BCUT2D eigenvalue weighted by molar-refractivity contribution is -0.141. The third kappa shape index (κ3) is 4.32. The highest BCUT2D eigenvalue weighted by Gasteiger charge is 2.49. The van der Waals surface area contributed by atoms with Gasteiger partial charge in [-0.3, -0.25) is 9.59 Å². The highest BCUT2D eigenvalue weighted by atomic mass is 19.1. The lowest BCUT2D eigenvalue weighted by Gasteiger charge is -2.31. The summed E-state index contributed by atoms with van der Waals surface area (Å²) in [5.41, 5.74) is 0.647. The number of aliphatic hydroxyl groups excluding tert-OH is 1. The Kier molecular flexibility index (Phi) is 6.40.